The van der Waals surface area contributed by atoms with Crippen LogP contribution >= 0.6 is 0 Å². The number of unbranched alkanes of at least 4 members (excludes halogenated alkanes) is 2. The molecule has 2 fully saturated rings. The summed E-state index contributed by atoms with van der Waals surface area (Å²) in [6, 6.07) is 14.6. The lowest BCUT2D eigenvalue weighted by Gasteiger charge is -2.29. The second kappa shape index (κ2) is 12.8. The Morgan fingerprint density at radius 3 is 1.79 bits per heavy atom. The Morgan fingerprint density at radius 2 is 1.24 bits per heavy atom. The smallest absolute Gasteiger partial charge is 0.131 e. The highest BCUT2D eigenvalue weighted by atomic mass is 19.1. The van der Waals surface area contributed by atoms with E-state index in [0.717, 1.165) is 23.5 Å². The molecule has 186 valence electrons. The summed E-state index contributed by atoms with van der Waals surface area (Å²) in [6.07, 6.45) is 17.0. The first-order valence-corrected chi connectivity index (χ1v) is 14.1. The van der Waals surface area contributed by atoms with Crippen LogP contribution in [0.1, 0.15) is 120 Å². The minimum absolute atomic E-state index is 0.0799. The van der Waals surface area contributed by atoms with Gasteiger partial charge in [0.05, 0.1) is 6.67 Å². The van der Waals surface area contributed by atoms with Gasteiger partial charge in [0.15, 0.2) is 0 Å². The Kier molecular flexibility index (Phi) is 9.59. The van der Waals surface area contributed by atoms with Gasteiger partial charge < -0.3 is 0 Å². The second-order valence-corrected chi connectivity index (χ2v) is 11.1. The van der Waals surface area contributed by atoms with Crippen molar-refractivity contribution in [2.24, 2.45) is 11.8 Å². The van der Waals surface area contributed by atoms with Crippen LogP contribution in [-0.4, -0.2) is 6.67 Å². The van der Waals surface area contributed by atoms with Crippen molar-refractivity contribution < 1.29 is 8.78 Å². The highest BCUT2D eigenvalue weighted by Crippen LogP contribution is 2.40. The van der Waals surface area contributed by atoms with Gasteiger partial charge in [-0.25, -0.2) is 4.39 Å². The van der Waals surface area contributed by atoms with E-state index < -0.39 is 0 Å². The van der Waals surface area contributed by atoms with Gasteiger partial charge in [0.2, 0.25) is 0 Å². The quantitative estimate of drug-likeness (QED) is 0.305. The molecular formula is C32H44F2. The zero-order chi connectivity index (χ0) is 23.8. The Hall–Kier alpha value is -1.70. The third-order valence-electron chi connectivity index (χ3n) is 8.81. The zero-order valence-corrected chi connectivity index (χ0v) is 21.2. The summed E-state index contributed by atoms with van der Waals surface area (Å²) in [5.74, 6) is 2.63. The van der Waals surface area contributed by atoms with Crippen LogP contribution in [0.15, 0.2) is 42.5 Å². The van der Waals surface area contributed by atoms with Crippen molar-refractivity contribution in [2.45, 2.75) is 109 Å². The Morgan fingerprint density at radius 1 is 0.676 bits per heavy atom. The SMILES string of the molecule is CCCCC[C@H]1CC[C@H](c2ccc(-c3ccc([C@H]4CC[C@H](CCCF)CC4)cc3)c(F)c2)CC1. The Bertz CT molecular complexity index is 855. The van der Waals surface area contributed by atoms with Crippen molar-refractivity contribution in [2.75, 3.05) is 6.67 Å². The van der Waals surface area contributed by atoms with Gasteiger partial charge in [-0.15, -0.1) is 0 Å². The molecule has 2 heteroatoms. The number of alkyl halides is 1. The molecule has 0 aromatic heterocycles. The van der Waals surface area contributed by atoms with Crippen LogP contribution in [0.3, 0.4) is 0 Å². The van der Waals surface area contributed by atoms with Gasteiger partial charge >= 0.3 is 0 Å². The fourth-order valence-electron chi connectivity index (χ4n) is 6.57. The van der Waals surface area contributed by atoms with E-state index in [4.69, 9.17) is 0 Å². The molecule has 4 rings (SSSR count). The van der Waals surface area contributed by atoms with Gasteiger partial charge in [-0.1, -0.05) is 69.0 Å². The highest BCUT2D eigenvalue weighted by molar-refractivity contribution is 5.65. The summed E-state index contributed by atoms with van der Waals surface area (Å²) in [7, 11) is 0. The molecule has 0 nitrogen and oxygen atoms in total. The summed E-state index contributed by atoms with van der Waals surface area (Å²) in [5, 5.41) is 0. The molecule has 0 radical (unpaired) electrons. The van der Waals surface area contributed by atoms with E-state index in [-0.39, 0.29) is 12.5 Å². The minimum Gasteiger partial charge on any atom is -0.251 e. The molecule has 0 unspecified atom stereocenters. The van der Waals surface area contributed by atoms with Crippen LogP contribution in [0.2, 0.25) is 0 Å². The predicted octanol–water partition coefficient (Wildman–Crippen LogP) is 10.4. The van der Waals surface area contributed by atoms with E-state index in [1.165, 1.54) is 88.2 Å². The van der Waals surface area contributed by atoms with Crippen LogP contribution < -0.4 is 0 Å². The van der Waals surface area contributed by atoms with Crippen molar-refractivity contribution >= 4 is 0 Å². The minimum atomic E-state index is -0.181. The van der Waals surface area contributed by atoms with Crippen molar-refractivity contribution in [1.82, 2.24) is 0 Å². The Labute approximate surface area is 206 Å². The topological polar surface area (TPSA) is 0 Å². The summed E-state index contributed by atoms with van der Waals surface area (Å²) in [5.41, 5.74) is 4.26. The number of hydrogen-bond donors (Lipinski definition) is 0. The van der Waals surface area contributed by atoms with E-state index in [1.807, 2.05) is 12.1 Å². The van der Waals surface area contributed by atoms with E-state index >= 15 is 4.39 Å². The van der Waals surface area contributed by atoms with E-state index in [1.54, 1.807) is 0 Å². The van der Waals surface area contributed by atoms with Crippen LogP contribution in [0.5, 0.6) is 0 Å². The molecule has 0 saturated heterocycles. The second-order valence-electron chi connectivity index (χ2n) is 11.1. The number of rotatable bonds is 10. The van der Waals surface area contributed by atoms with Gasteiger partial charge in [0.25, 0.3) is 0 Å². The molecule has 0 amide bonds. The molecule has 2 saturated carbocycles. The van der Waals surface area contributed by atoms with E-state index in [9.17, 15) is 4.39 Å². The standard InChI is InChI=1S/C32H44F2/c1-2-3-4-6-24-10-14-28(15-11-24)30-20-21-31(32(34)23-30)29-18-16-27(17-19-29)26-12-8-25(9-13-26)7-5-22-33/h16-21,23-26,28H,2-15,22H2,1H3/t24-,25-,26-,28-. The predicted molar refractivity (Wildman–Crippen MR) is 141 cm³/mol. The van der Waals surface area contributed by atoms with Crippen LogP contribution in [0.25, 0.3) is 11.1 Å². The maximum Gasteiger partial charge on any atom is 0.131 e. The summed E-state index contributed by atoms with van der Waals surface area (Å²) in [6.45, 7) is 2.09. The molecular weight excluding hydrogens is 422 g/mol. The zero-order valence-electron chi connectivity index (χ0n) is 21.2. The summed E-state index contributed by atoms with van der Waals surface area (Å²) >= 11 is 0. The fourth-order valence-corrected chi connectivity index (χ4v) is 6.57. The molecule has 0 spiro atoms. The first-order chi connectivity index (χ1) is 16.7. The highest BCUT2D eigenvalue weighted by Gasteiger charge is 2.24. The molecule has 2 aromatic rings. The number of halogens is 2. The lowest BCUT2D eigenvalue weighted by Crippen LogP contribution is -2.13. The lowest BCUT2D eigenvalue weighted by molar-refractivity contribution is 0.293. The van der Waals surface area contributed by atoms with E-state index in [0.29, 0.717) is 24.2 Å². The average molecular weight is 467 g/mol. The molecule has 2 aromatic carbocycles. The monoisotopic (exact) mass is 466 g/mol. The first-order valence-electron chi connectivity index (χ1n) is 14.1. The van der Waals surface area contributed by atoms with Gasteiger partial charge in [-0.3, -0.25) is 4.39 Å². The maximum absolute atomic E-state index is 15.1. The number of hydrogen-bond acceptors (Lipinski definition) is 0. The van der Waals surface area contributed by atoms with Gasteiger partial charge in [0, 0.05) is 5.56 Å². The van der Waals surface area contributed by atoms with Crippen LogP contribution in [0, 0.1) is 17.7 Å². The third-order valence-corrected chi connectivity index (χ3v) is 8.81. The fraction of sp³-hybridized carbons (Fsp3) is 0.625. The molecule has 0 bridgehead atoms. The molecule has 2 aliphatic rings. The first kappa shape index (κ1) is 25.4. The van der Waals surface area contributed by atoms with Gasteiger partial charge in [-0.2, -0.15) is 0 Å². The summed E-state index contributed by atoms with van der Waals surface area (Å²) in [4.78, 5) is 0. The van der Waals surface area contributed by atoms with Crippen molar-refractivity contribution in [3.8, 4) is 11.1 Å². The summed E-state index contributed by atoms with van der Waals surface area (Å²) < 4.78 is 27.6. The Balaban J connectivity index is 1.32. The molecule has 0 aliphatic heterocycles. The van der Waals surface area contributed by atoms with Crippen LogP contribution in [-0.2, 0) is 0 Å². The molecule has 0 heterocycles. The normalized spacial score (nSPS) is 25.4. The number of benzene rings is 2. The molecule has 0 N–H and O–H groups in total. The van der Waals surface area contributed by atoms with Crippen LogP contribution in [0.4, 0.5) is 8.78 Å². The molecule has 34 heavy (non-hydrogen) atoms. The van der Waals surface area contributed by atoms with E-state index in [2.05, 4.69) is 37.3 Å². The largest absolute Gasteiger partial charge is 0.251 e. The van der Waals surface area contributed by atoms with Crippen molar-refractivity contribution in [3.63, 3.8) is 0 Å². The van der Waals surface area contributed by atoms with Crippen molar-refractivity contribution in [1.29, 1.82) is 0 Å². The van der Waals surface area contributed by atoms with Crippen molar-refractivity contribution in [3.05, 3.63) is 59.4 Å². The third kappa shape index (κ3) is 6.70. The lowest BCUT2D eigenvalue weighted by atomic mass is 9.76. The maximum atomic E-state index is 15.1. The average Bonchev–Trinajstić information content (AvgIpc) is 2.88. The van der Waals surface area contributed by atoms with Gasteiger partial charge in [-0.05, 0) is 111 Å². The molecule has 2 aliphatic carbocycles. The van der Waals surface area contributed by atoms with Gasteiger partial charge in [0.1, 0.15) is 5.82 Å². The molecule has 0 atom stereocenters.